The monoisotopic (exact) mass is 203 g/mol. The van der Waals surface area contributed by atoms with Crippen LogP contribution in [0.2, 0.25) is 0 Å². The lowest BCUT2D eigenvalue weighted by Gasteiger charge is -2.21. The van der Waals surface area contributed by atoms with Gasteiger partial charge in [0.15, 0.2) is 0 Å². The summed E-state index contributed by atoms with van der Waals surface area (Å²) in [5.74, 6) is 0.577. The molecular weight excluding hydrogens is 178 g/mol. The van der Waals surface area contributed by atoms with Crippen molar-refractivity contribution in [3.8, 4) is 0 Å². The van der Waals surface area contributed by atoms with Gasteiger partial charge in [-0.2, -0.15) is 0 Å². The maximum absolute atomic E-state index is 5.57. The molecule has 0 aliphatic carbocycles. The van der Waals surface area contributed by atoms with Gasteiger partial charge < -0.3 is 14.8 Å². The van der Waals surface area contributed by atoms with Crippen LogP contribution in [0.25, 0.3) is 0 Å². The standard InChI is InChI=1S/C11H25NO2/c1-9(2)14-8-11(12-4)6-10(3)7-13-5/h9-12H,6-8H2,1-5H3. The number of rotatable bonds is 8. The number of hydrogen-bond donors (Lipinski definition) is 1. The van der Waals surface area contributed by atoms with Crippen LogP contribution in [0.5, 0.6) is 0 Å². The fraction of sp³-hybridized carbons (Fsp3) is 1.00. The van der Waals surface area contributed by atoms with Crippen molar-refractivity contribution in [3.05, 3.63) is 0 Å². The fourth-order valence-electron chi connectivity index (χ4n) is 1.42. The highest BCUT2D eigenvalue weighted by atomic mass is 16.5. The van der Waals surface area contributed by atoms with E-state index in [-0.39, 0.29) is 0 Å². The Morgan fingerprint density at radius 3 is 2.21 bits per heavy atom. The van der Waals surface area contributed by atoms with Gasteiger partial charge in [-0.25, -0.2) is 0 Å². The topological polar surface area (TPSA) is 30.5 Å². The maximum Gasteiger partial charge on any atom is 0.0623 e. The minimum Gasteiger partial charge on any atom is -0.384 e. The zero-order valence-corrected chi connectivity index (χ0v) is 10.2. The quantitative estimate of drug-likeness (QED) is 0.651. The van der Waals surface area contributed by atoms with Crippen LogP contribution >= 0.6 is 0 Å². The highest BCUT2D eigenvalue weighted by Crippen LogP contribution is 2.07. The van der Waals surface area contributed by atoms with Gasteiger partial charge in [-0.1, -0.05) is 6.92 Å². The van der Waals surface area contributed by atoms with E-state index in [0.29, 0.717) is 18.1 Å². The van der Waals surface area contributed by atoms with Gasteiger partial charge in [0, 0.05) is 19.8 Å². The van der Waals surface area contributed by atoms with Crippen molar-refractivity contribution in [2.45, 2.75) is 39.3 Å². The Morgan fingerprint density at radius 1 is 1.14 bits per heavy atom. The minimum atomic E-state index is 0.309. The summed E-state index contributed by atoms with van der Waals surface area (Å²) in [5.41, 5.74) is 0. The third-order valence-corrected chi connectivity index (χ3v) is 2.18. The van der Waals surface area contributed by atoms with Gasteiger partial charge in [0.1, 0.15) is 0 Å². The Labute approximate surface area is 88.2 Å². The third-order valence-electron chi connectivity index (χ3n) is 2.18. The molecule has 0 aliphatic rings. The zero-order valence-electron chi connectivity index (χ0n) is 10.2. The molecule has 0 heterocycles. The summed E-state index contributed by atoms with van der Waals surface area (Å²) in [4.78, 5) is 0. The summed E-state index contributed by atoms with van der Waals surface area (Å²) in [6.07, 6.45) is 1.40. The third kappa shape index (κ3) is 7.30. The Balaban J connectivity index is 3.66. The van der Waals surface area contributed by atoms with Gasteiger partial charge in [-0.15, -0.1) is 0 Å². The van der Waals surface area contributed by atoms with E-state index in [0.717, 1.165) is 19.6 Å². The maximum atomic E-state index is 5.57. The highest BCUT2D eigenvalue weighted by Gasteiger charge is 2.12. The number of hydrogen-bond acceptors (Lipinski definition) is 3. The lowest BCUT2D eigenvalue weighted by atomic mass is 10.0. The molecule has 0 fully saturated rings. The molecule has 86 valence electrons. The molecule has 0 saturated carbocycles. The summed E-state index contributed by atoms with van der Waals surface area (Å²) in [7, 11) is 3.73. The largest absolute Gasteiger partial charge is 0.384 e. The second-order valence-electron chi connectivity index (χ2n) is 4.16. The van der Waals surface area contributed by atoms with Gasteiger partial charge in [0.05, 0.1) is 12.7 Å². The van der Waals surface area contributed by atoms with E-state index in [9.17, 15) is 0 Å². The first-order chi connectivity index (χ1) is 6.60. The second-order valence-corrected chi connectivity index (χ2v) is 4.16. The van der Waals surface area contributed by atoms with Crippen molar-refractivity contribution in [2.75, 3.05) is 27.4 Å². The lowest BCUT2D eigenvalue weighted by Crippen LogP contribution is -2.33. The SMILES string of the molecule is CNC(COC(C)C)CC(C)COC. The van der Waals surface area contributed by atoms with E-state index in [1.165, 1.54) is 0 Å². The molecule has 0 aromatic heterocycles. The Morgan fingerprint density at radius 2 is 1.79 bits per heavy atom. The molecule has 2 atom stereocenters. The van der Waals surface area contributed by atoms with Crippen LogP contribution in [0.3, 0.4) is 0 Å². The highest BCUT2D eigenvalue weighted by molar-refractivity contribution is 4.67. The zero-order chi connectivity index (χ0) is 11.0. The molecule has 0 aliphatic heterocycles. The number of nitrogens with one attached hydrogen (secondary N) is 1. The van der Waals surface area contributed by atoms with Gasteiger partial charge in [-0.3, -0.25) is 0 Å². The molecule has 0 bridgehead atoms. The van der Waals surface area contributed by atoms with Gasteiger partial charge in [0.2, 0.25) is 0 Å². The molecule has 3 nitrogen and oxygen atoms in total. The van der Waals surface area contributed by atoms with Crippen molar-refractivity contribution in [3.63, 3.8) is 0 Å². The van der Waals surface area contributed by atoms with E-state index in [2.05, 4.69) is 26.1 Å². The van der Waals surface area contributed by atoms with E-state index < -0.39 is 0 Å². The van der Waals surface area contributed by atoms with Crippen LogP contribution in [0.1, 0.15) is 27.2 Å². The normalized spacial score (nSPS) is 15.9. The molecule has 0 radical (unpaired) electrons. The molecule has 0 aromatic rings. The fourth-order valence-corrected chi connectivity index (χ4v) is 1.42. The van der Waals surface area contributed by atoms with Gasteiger partial charge in [-0.05, 0) is 33.2 Å². The van der Waals surface area contributed by atoms with Gasteiger partial charge in [0.25, 0.3) is 0 Å². The van der Waals surface area contributed by atoms with Crippen molar-refractivity contribution >= 4 is 0 Å². The molecular formula is C11H25NO2. The first kappa shape index (κ1) is 13.9. The van der Waals surface area contributed by atoms with Crippen LogP contribution in [0.15, 0.2) is 0 Å². The van der Waals surface area contributed by atoms with E-state index in [1.807, 2.05) is 7.05 Å². The predicted octanol–water partition coefficient (Wildman–Crippen LogP) is 1.67. The van der Waals surface area contributed by atoms with Gasteiger partial charge >= 0.3 is 0 Å². The first-order valence-electron chi connectivity index (χ1n) is 5.38. The van der Waals surface area contributed by atoms with Crippen LogP contribution in [0, 0.1) is 5.92 Å². The molecule has 0 rings (SSSR count). The van der Waals surface area contributed by atoms with Crippen LogP contribution in [-0.2, 0) is 9.47 Å². The molecule has 3 heteroatoms. The van der Waals surface area contributed by atoms with Crippen LogP contribution in [-0.4, -0.2) is 39.5 Å². The lowest BCUT2D eigenvalue weighted by molar-refractivity contribution is 0.0536. The van der Waals surface area contributed by atoms with Crippen LogP contribution < -0.4 is 5.32 Å². The van der Waals surface area contributed by atoms with E-state index in [4.69, 9.17) is 9.47 Å². The van der Waals surface area contributed by atoms with Crippen LogP contribution in [0.4, 0.5) is 0 Å². The summed E-state index contributed by atoms with van der Waals surface area (Å²) in [6.45, 7) is 7.92. The van der Waals surface area contributed by atoms with E-state index >= 15 is 0 Å². The Bertz CT molecular complexity index is 128. The molecule has 1 N–H and O–H groups in total. The molecule has 0 spiro atoms. The van der Waals surface area contributed by atoms with Crippen molar-refractivity contribution in [2.24, 2.45) is 5.92 Å². The summed E-state index contributed by atoms with van der Waals surface area (Å²) >= 11 is 0. The van der Waals surface area contributed by atoms with Crippen molar-refractivity contribution in [1.82, 2.24) is 5.32 Å². The molecule has 0 amide bonds. The molecule has 0 saturated heterocycles. The summed E-state index contributed by atoms with van der Waals surface area (Å²) in [6, 6.07) is 0.433. The summed E-state index contributed by atoms with van der Waals surface area (Å²) < 4.78 is 10.7. The van der Waals surface area contributed by atoms with Crippen molar-refractivity contribution < 1.29 is 9.47 Å². The second kappa shape index (κ2) is 8.21. The predicted molar refractivity (Wildman–Crippen MR) is 59.6 cm³/mol. The number of ether oxygens (including phenoxy) is 2. The Hall–Kier alpha value is -0.120. The number of likely N-dealkylation sites (N-methyl/N-ethyl adjacent to an activating group) is 1. The molecule has 2 unspecified atom stereocenters. The smallest absolute Gasteiger partial charge is 0.0623 e. The van der Waals surface area contributed by atoms with Crippen molar-refractivity contribution in [1.29, 1.82) is 0 Å². The minimum absolute atomic E-state index is 0.309. The first-order valence-corrected chi connectivity index (χ1v) is 5.38. The average molecular weight is 203 g/mol. The molecule has 0 aromatic carbocycles. The Kier molecular flexibility index (Phi) is 8.14. The average Bonchev–Trinajstić information content (AvgIpc) is 2.12. The summed E-state index contributed by atoms with van der Waals surface area (Å²) in [5, 5.41) is 3.27. The number of methoxy groups -OCH3 is 1. The van der Waals surface area contributed by atoms with E-state index in [1.54, 1.807) is 7.11 Å². The molecule has 14 heavy (non-hydrogen) atoms.